The van der Waals surface area contributed by atoms with Crippen LogP contribution in [0.1, 0.15) is 104 Å². The number of carbonyl (C=O) groups is 1. The monoisotopic (exact) mass is 403 g/mol. The van der Waals surface area contributed by atoms with E-state index >= 15 is 0 Å². The third kappa shape index (κ3) is 9.29. The van der Waals surface area contributed by atoms with Gasteiger partial charge in [0.2, 0.25) is 0 Å². The fourth-order valence-corrected chi connectivity index (χ4v) is 3.96. The number of hydrogen-bond donors (Lipinski definition) is 0. The van der Waals surface area contributed by atoms with E-state index in [0.29, 0.717) is 17.9 Å². The lowest BCUT2D eigenvalue weighted by molar-refractivity contribution is -0.138. The first-order valence-electron chi connectivity index (χ1n) is 11.9. The number of fused-ring (bicyclic) bond motifs is 1. The van der Waals surface area contributed by atoms with Gasteiger partial charge in [-0.25, -0.2) is 9.79 Å². The molecule has 0 bridgehead atoms. The molecule has 0 N–H and O–H groups in total. The number of rotatable bonds is 16. The van der Waals surface area contributed by atoms with E-state index in [4.69, 9.17) is 9.47 Å². The number of esters is 1. The predicted molar refractivity (Wildman–Crippen MR) is 120 cm³/mol. The summed E-state index contributed by atoms with van der Waals surface area (Å²) in [4.78, 5) is 16.1. The van der Waals surface area contributed by atoms with E-state index in [1.165, 1.54) is 83.5 Å². The summed E-state index contributed by atoms with van der Waals surface area (Å²) in [6, 6.07) is 0. The van der Waals surface area contributed by atoms with Crippen LogP contribution in [0.5, 0.6) is 0 Å². The van der Waals surface area contributed by atoms with Crippen LogP contribution < -0.4 is 0 Å². The molecule has 1 heterocycles. The van der Waals surface area contributed by atoms with Crippen molar-refractivity contribution in [1.82, 2.24) is 0 Å². The number of aliphatic imine (C=N–C) groups is 1. The third-order valence-electron chi connectivity index (χ3n) is 5.84. The van der Waals surface area contributed by atoms with Gasteiger partial charge in [0.1, 0.15) is 5.60 Å². The van der Waals surface area contributed by atoms with E-state index in [9.17, 15) is 4.79 Å². The Bertz CT molecular complexity index is 579. The van der Waals surface area contributed by atoms with Crippen molar-refractivity contribution in [2.24, 2.45) is 4.99 Å². The van der Waals surface area contributed by atoms with Crippen molar-refractivity contribution in [2.75, 3.05) is 13.3 Å². The third-order valence-corrected chi connectivity index (χ3v) is 5.84. The van der Waals surface area contributed by atoms with Crippen molar-refractivity contribution in [1.29, 1.82) is 0 Å². The van der Waals surface area contributed by atoms with Gasteiger partial charge in [-0.2, -0.15) is 0 Å². The SMILES string of the molecule is CCCCCCCCCCCCCCCCOC1(C)C=CC2=NCOC(=O)C2=C1. The fourth-order valence-electron chi connectivity index (χ4n) is 3.96. The van der Waals surface area contributed by atoms with E-state index in [2.05, 4.69) is 11.9 Å². The molecule has 0 fully saturated rings. The lowest BCUT2D eigenvalue weighted by atomic mass is 9.92. The molecule has 1 atom stereocenters. The lowest BCUT2D eigenvalue weighted by Gasteiger charge is -2.28. The number of nitrogens with zero attached hydrogens (tertiary/aromatic N) is 1. The van der Waals surface area contributed by atoms with Crippen molar-refractivity contribution in [3.63, 3.8) is 0 Å². The maximum absolute atomic E-state index is 11.9. The van der Waals surface area contributed by atoms with Crippen LogP contribution in [0.2, 0.25) is 0 Å². The van der Waals surface area contributed by atoms with Crippen molar-refractivity contribution in [3.8, 4) is 0 Å². The molecule has 0 aromatic rings. The Morgan fingerprint density at radius 3 is 2.07 bits per heavy atom. The molecule has 0 radical (unpaired) electrons. The van der Waals surface area contributed by atoms with Gasteiger partial charge in [0.05, 0.1) is 11.3 Å². The van der Waals surface area contributed by atoms with Gasteiger partial charge in [-0.3, -0.25) is 0 Å². The number of cyclic esters (lactones) is 1. The Hall–Kier alpha value is -1.42. The second-order valence-corrected chi connectivity index (χ2v) is 8.62. The van der Waals surface area contributed by atoms with Crippen molar-refractivity contribution in [3.05, 3.63) is 23.8 Å². The number of hydrogen-bond acceptors (Lipinski definition) is 4. The quantitative estimate of drug-likeness (QED) is 0.213. The molecule has 0 aromatic heterocycles. The summed E-state index contributed by atoms with van der Waals surface area (Å²) in [5.74, 6) is -0.300. The van der Waals surface area contributed by atoms with Crippen LogP contribution in [0.3, 0.4) is 0 Å². The molecule has 4 nitrogen and oxygen atoms in total. The van der Waals surface area contributed by atoms with Crippen LogP contribution in [0.4, 0.5) is 0 Å². The summed E-state index contributed by atoms with van der Waals surface area (Å²) in [7, 11) is 0. The second kappa shape index (κ2) is 13.7. The summed E-state index contributed by atoms with van der Waals surface area (Å²) >= 11 is 0. The van der Waals surface area contributed by atoms with Crippen LogP contribution in [-0.2, 0) is 14.3 Å². The Morgan fingerprint density at radius 2 is 1.48 bits per heavy atom. The molecule has 0 aromatic carbocycles. The Balaban J connectivity index is 1.43. The van der Waals surface area contributed by atoms with Gasteiger partial charge in [0, 0.05) is 6.61 Å². The zero-order valence-electron chi connectivity index (χ0n) is 18.7. The number of allylic oxidation sites excluding steroid dienone is 1. The Morgan fingerprint density at radius 1 is 0.931 bits per heavy atom. The first-order chi connectivity index (χ1) is 14.1. The second-order valence-electron chi connectivity index (χ2n) is 8.62. The molecule has 164 valence electrons. The van der Waals surface area contributed by atoms with Gasteiger partial charge in [-0.1, -0.05) is 90.4 Å². The van der Waals surface area contributed by atoms with Crippen molar-refractivity contribution >= 4 is 11.7 Å². The highest BCUT2D eigenvalue weighted by atomic mass is 16.5. The first kappa shape index (κ1) is 23.9. The average Bonchev–Trinajstić information content (AvgIpc) is 2.72. The lowest BCUT2D eigenvalue weighted by Crippen LogP contribution is -2.32. The summed E-state index contributed by atoms with van der Waals surface area (Å²) in [5.41, 5.74) is 0.697. The zero-order chi connectivity index (χ0) is 20.8. The highest BCUT2D eigenvalue weighted by Crippen LogP contribution is 2.25. The molecule has 0 amide bonds. The van der Waals surface area contributed by atoms with Crippen molar-refractivity contribution < 1.29 is 14.3 Å². The Kier molecular flexibility index (Phi) is 11.3. The number of ether oxygens (including phenoxy) is 2. The van der Waals surface area contributed by atoms with Gasteiger partial charge in [0.15, 0.2) is 6.73 Å². The highest BCUT2D eigenvalue weighted by molar-refractivity contribution is 6.26. The van der Waals surface area contributed by atoms with Crippen LogP contribution >= 0.6 is 0 Å². The normalized spacial score (nSPS) is 20.8. The standard InChI is InChI=1S/C25H41NO3/c1-3-4-5-6-7-8-9-10-11-12-13-14-15-16-19-29-25(2)18-17-23-22(20-25)24(27)28-21-26-23/h17-18,20H,3-16,19,21H2,1-2H3. The zero-order valence-corrected chi connectivity index (χ0v) is 18.7. The molecular weight excluding hydrogens is 362 g/mol. The smallest absolute Gasteiger partial charge is 0.341 e. The van der Waals surface area contributed by atoms with E-state index in [0.717, 1.165) is 6.42 Å². The molecule has 1 unspecified atom stereocenters. The van der Waals surface area contributed by atoms with Crippen LogP contribution in [0.15, 0.2) is 28.8 Å². The minimum Gasteiger partial charge on any atom is -0.439 e. The van der Waals surface area contributed by atoms with Gasteiger partial charge < -0.3 is 9.47 Å². The molecule has 4 heteroatoms. The van der Waals surface area contributed by atoms with Gasteiger partial charge in [-0.05, 0) is 31.6 Å². The van der Waals surface area contributed by atoms with E-state index in [1.54, 1.807) is 0 Å². The summed E-state index contributed by atoms with van der Waals surface area (Å²) < 4.78 is 11.0. The molecular formula is C25H41NO3. The highest BCUT2D eigenvalue weighted by Gasteiger charge is 2.30. The minimum absolute atomic E-state index is 0.118. The molecule has 1 aliphatic heterocycles. The van der Waals surface area contributed by atoms with Crippen LogP contribution in [0, 0.1) is 0 Å². The average molecular weight is 404 g/mol. The number of carbonyl (C=O) groups excluding carboxylic acids is 1. The fraction of sp³-hybridized carbons (Fsp3) is 0.760. The summed E-state index contributed by atoms with van der Waals surface area (Å²) in [6.45, 7) is 5.09. The molecule has 2 aliphatic rings. The van der Waals surface area contributed by atoms with Gasteiger partial charge >= 0.3 is 5.97 Å². The maximum Gasteiger partial charge on any atom is 0.341 e. The van der Waals surface area contributed by atoms with Crippen LogP contribution in [0.25, 0.3) is 0 Å². The number of unbranched alkanes of at least 4 members (excludes halogenated alkanes) is 13. The molecule has 1 aliphatic carbocycles. The van der Waals surface area contributed by atoms with Crippen molar-refractivity contribution in [2.45, 2.75) is 109 Å². The molecule has 2 rings (SSSR count). The van der Waals surface area contributed by atoms with Crippen LogP contribution in [-0.4, -0.2) is 30.6 Å². The summed E-state index contributed by atoms with van der Waals surface area (Å²) in [5, 5.41) is 0. The molecule has 0 spiro atoms. The van der Waals surface area contributed by atoms with E-state index < -0.39 is 5.60 Å². The first-order valence-corrected chi connectivity index (χ1v) is 11.9. The molecule has 29 heavy (non-hydrogen) atoms. The largest absolute Gasteiger partial charge is 0.439 e. The Labute approximate surface area is 177 Å². The van der Waals surface area contributed by atoms with E-state index in [-0.39, 0.29) is 12.7 Å². The summed E-state index contributed by atoms with van der Waals surface area (Å²) in [6.07, 6.45) is 24.6. The van der Waals surface area contributed by atoms with E-state index in [1.807, 2.05) is 25.2 Å². The molecule has 0 saturated heterocycles. The maximum atomic E-state index is 11.9. The van der Waals surface area contributed by atoms with Gasteiger partial charge in [-0.15, -0.1) is 0 Å². The predicted octanol–water partition coefficient (Wildman–Crippen LogP) is 6.69. The molecule has 0 saturated carbocycles. The minimum atomic E-state index is -0.540. The van der Waals surface area contributed by atoms with Gasteiger partial charge in [0.25, 0.3) is 0 Å². The topological polar surface area (TPSA) is 47.9 Å².